The second-order valence-electron chi connectivity index (χ2n) is 5.53. The van der Waals surface area contributed by atoms with Crippen LogP contribution in [-0.2, 0) is 6.61 Å². The lowest BCUT2D eigenvalue weighted by atomic mass is 10.1. The number of carbonyl (C=O) groups is 1. The zero-order valence-corrected chi connectivity index (χ0v) is 12.9. The van der Waals surface area contributed by atoms with Gasteiger partial charge in [-0.05, 0) is 42.0 Å². The first-order valence-corrected chi connectivity index (χ1v) is 7.49. The van der Waals surface area contributed by atoms with Crippen LogP contribution in [0.2, 0.25) is 0 Å². The summed E-state index contributed by atoms with van der Waals surface area (Å²) in [5.41, 5.74) is 1.62. The fourth-order valence-corrected chi connectivity index (χ4v) is 2.43. The monoisotopic (exact) mass is 313 g/mol. The molecule has 0 spiro atoms. The molecular weight excluding hydrogens is 294 g/mol. The average molecular weight is 313 g/mol. The maximum atomic E-state index is 12.1. The van der Waals surface area contributed by atoms with E-state index in [2.05, 4.69) is 0 Å². The highest BCUT2D eigenvalue weighted by Gasteiger charge is 2.29. The van der Waals surface area contributed by atoms with Crippen molar-refractivity contribution in [2.75, 3.05) is 20.2 Å². The number of aliphatic hydroxyl groups is 1. The van der Waals surface area contributed by atoms with Crippen molar-refractivity contribution in [3.63, 3.8) is 0 Å². The first-order valence-electron chi connectivity index (χ1n) is 7.49. The van der Waals surface area contributed by atoms with Crippen LogP contribution in [0.15, 0.2) is 48.5 Å². The Morgan fingerprint density at radius 3 is 2.57 bits per heavy atom. The zero-order chi connectivity index (χ0) is 16.2. The van der Waals surface area contributed by atoms with E-state index in [-0.39, 0.29) is 12.0 Å². The summed E-state index contributed by atoms with van der Waals surface area (Å²) < 4.78 is 10.9. The number of ether oxygens (including phenoxy) is 2. The van der Waals surface area contributed by atoms with Crippen molar-refractivity contribution >= 4 is 5.91 Å². The number of hydrogen-bond acceptors (Lipinski definition) is 4. The predicted octanol–water partition coefficient (Wildman–Crippen LogP) is 2.09. The van der Waals surface area contributed by atoms with E-state index >= 15 is 0 Å². The summed E-state index contributed by atoms with van der Waals surface area (Å²) in [6, 6.07) is 14.7. The fraction of sp³-hybridized carbons (Fsp3) is 0.278. The molecule has 0 atom stereocenters. The minimum Gasteiger partial charge on any atom is -0.497 e. The third-order valence-corrected chi connectivity index (χ3v) is 3.79. The molecule has 120 valence electrons. The van der Waals surface area contributed by atoms with E-state index in [0.29, 0.717) is 31.0 Å². The van der Waals surface area contributed by atoms with Crippen molar-refractivity contribution in [1.82, 2.24) is 4.90 Å². The molecule has 5 nitrogen and oxygen atoms in total. The molecule has 1 amide bonds. The molecule has 0 aliphatic carbocycles. The topological polar surface area (TPSA) is 59.0 Å². The van der Waals surface area contributed by atoms with Crippen molar-refractivity contribution in [2.24, 2.45) is 0 Å². The van der Waals surface area contributed by atoms with Crippen LogP contribution in [0.3, 0.4) is 0 Å². The number of rotatable bonds is 5. The van der Waals surface area contributed by atoms with Gasteiger partial charge in [0.15, 0.2) is 0 Å². The van der Waals surface area contributed by atoms with E-state index < -0.39 is 0 Å². The van der Waals surface area contributed by atoms with Crippen LogP contribution >= 0.6 is 0 Å². The van der Waals surface area contributed by atoms with Crippen LogP contribution in [0.1, 0.15) is 15.9 Å². The van der Waals surface area contributed by atoms with E-state index in [4.69, 9.17) is 9.47 Å². The molecule has 2 aromatic rings. The number of aliphatic hydroxyl groups excluding tert-OH is 1. The standard InChI is InChI=1S/C18H19NO4/c1-22-17-4-2-3-13(9-17)12-23-16-7-5-14(6-8-16)18(21)19-10-15(20)11-19/h2-9,15,20H,10-12H2,1H3. The third-order valence-electron chi connectivity index (χ3n) is 3.79. The van der Waals surface area contributed by atoms with Gasteiger partial charge in [-0.25, -0.2) is 0 Å². The number of carbonyl (C=O) groups excluding carboxylic acids is 1. The Bertz CT molecular complexity index is 678. The molecule has 3 rings (SSSR count). The molecule has 5 heteroatoms. The van der Waals surface area contributed by atoms with E-state index in [0.717, 1.165) is 11.3 Å². The van der Waals surface area contributed by atoms with Crippen LogP contribution in [0, 0.1) is 0 Å². The Morgan fingerprint density at radius 2 is 1.91 bits per heavy atom. The lowest BCUT2D eigenvalue weighted by Gasteiger charge is -2.35. The summed E-state index contributed by atoms with van der Waals surface area (Å²) in [5.74, 6) is 1.44. The maximum Gasteiger partial charge on any atom is 0.254 e. The van der Waals surface area contributed by atoms with Gasteiger partial charge in [-0.1, -0.05) is 12.1 Å². The minimum atomic E-state index is -0.385. The molecule has 0 saturated carbocycles. The van der Waals surface area contributed by atoms with E-state index in [1.165, 1.54) is 0 Å². The summed E-state index contributed by atoms with van der Waals surface area (Å²) in [6.45, 7) is 1.25. The number of β-amino-alcohol motifs (C(OH)–C–C–N with tert-alkyl or cyclic N) is 1. The summed E-state index contributed by atoms with van der Waals surface area (Å²) >= 11 is 0. The van der Waals surface area contributed by atoms with E-state index in [1.54, 1.807) is 36.3 Å². The second-order valence-corrected chi connectivity index (χ2v) is 5.53. The van der Waals surface area contributed by atoms with Crippen molar-refractivity contribution < 1.29 is 19.4 Å². The van der Waals surface area contributed by atoms with Gasteiger partial charge in [-0.2, -0.15) is 0 Å². The predicted molar refractivity (Wildman–Crippen MR) is 85.7 cm³/mol. The van der Waals surface area contributed by atoms with E-state index in [9.17, 15) is 9.90 Å². The highest BCUT2D eigenvalue weighted by molar-refractivity contribution is 5.94. The smallest absolute Gasteiger partial charge is 0.254 e. The Hall–Kier alpha value is -2.53. The number of hydrogen-bond donors (Lipinski definition) is 1. The molecule has 1 saturated heterocycles. The van der Waals surface area contributed by atoms with Gasteiger partial charge in [-0.15, -0.1) is 0 Å². The summed E-state index contributed by atoms with van der Waals surface area (Å²) in [4.78, 5) is 13.7. The number of methoxy groups -OCH3 is 1. The average Bonchev–Trinajstić information content (AvgIpc) is 2.57. The van der Waals surface area contributed by atoms with Gasteiger partial charge < -0.3 is 19.5 Å². The normalized spacial score (nSPS) is 14.3. The molecule has 0 radical (unpaired) electrons. The first kappa shape index (κ1) is 15.4. The molecule has 23 heavy (non-hydrogen) atoms. The molecule has 1 fully saturated rings. The van der Waals surface area contributed by atoms with Gasteiger partial charge in [0, 0.05) is 18.7 Å². The second kappa shape index (κ2) is 6.71. The minimum absolute atomic E-state index is 0.0605. The van der Waals surface area contributed by atoms with Crippen LogP contribution in [0.5, 0.6) is 11.5 Å². The van der Waals surface area contributed by atoms with Gasteiger partial charge in [0.25, 0.3) is 5.91 Å². The molecule has 2 aromatic carbocycles. The molecule has 0 bridgehead atoms. The van der Waals surface area contributed by atoms with Crippen LogP contribution in [0.4, 0.5) is 0 Å². The van der Waals surface area contributed by atoms with Crippen molar-refractivity contribution in [2.45, 2.75) is 12.7 Å². The lowest BCUT2D eigenvalue weighted by molar-refractivity contribution is 0.00589. The van der Waals surface area contributed by atoms with Crippen molar-refractivity contribution in [3.8, 4) is 11.5 Å². The van der Waals surface area contributed by atoms with E-state index in [1.807, 2.05) is 24.3 Å². The van der Waals surface area contributed by atoms with Gasteiger partial charge in [0.1, 0.15) is 18.1 Å². The quantitative estimate of drug-likeness (QED) is 0.918. The van der Waals surface area contributed by atoms with Gasteiger partial charge in [0.05, 0.1) is 13.2 Å². The summed E-state index contributed by atoms with van der Waals surface area (Å²) in [7, 11) is 1.63. The van der Waals surface area contributed by atoms with Crippen molar-refractivity contribution in [1.29, 1.82) is 0 Å². The fourth-order valence-electron chi connectivity index (χ4n) is 2.43. The molecule has 1 aliphatic heterocycles. The third kappa shape index (κ3) is 3.63. The van der Waals surface area contributed by atoms with Crippen LogP contribution in [-0.4, -0.2) is 42.2 Å². The zero-order valence-electron chi connectivity index (χ0n) is 12.9. The van der Waals surface area contributed by atoms with Crippen LogP contribution < -0.4 is 9.47 Å². The Kier molecular flexibility index (Phi) is 4.48. The van der Waals surface area contributed by atoms with Gasteiger partial charge in [-0.3, -0.25) is 4.79 Å². The number of benzene rings is 2. The van der Waals surface area contributed by atoms with Gasteiger partial charge >= 0.3 is 0 Å². The largest absolute Gasteiger partial charge is 0.497 e. The Balaban J connectivity index is 1.58. The Labute approximate surface area is 135 Å². The highest BCUT2D eigenvalue weighted by Crippen LogP contribution is 2.19. The SMILES string of the molecule is COc1cccc(COc2ccc(C(=O)N3CC(O)C3)cc2)c1. The van der Waals surface area contributed by atoms with Crippen LogP contribution in [0.25, 0.3) is 0 Å². The number of nitrogens with zero attached hydrogens (tertiary/aromatic N) is 1. The summed E-state index contributed by atoms with van der Waals surface area (Å²) in [5, 5.41) is 9.25. The molecule has 1 aliphatic rings. The van der Waals surface area contributed by atoms with Gasteiger partial charge in [0.2, 0.25) is 0 Å². The summed E-state index contributed by atoms with van der Waals surface area (Å²) in [6.07, 6.45) is -0.385. The highest BCUT2D eigenvalue weighted by atomic mass is 16.5. The first-order chi connectivity index (χ1) is 11.2. The maximum absolute atomic E-state index is 12.1. The van der Waals surface area contributed by atoms with Crippen molar-refractivity contribution in [3.05, 3.63) is 59.7 Å². The molecule has 0 unspecified atom stereocenters. The lowest BCUT2D eigenvalue weighted by Crippen LogP contribution is -2.53. The molecule has 1 N–H and O–H groups in total. The molecule has 0 aromatic heterocycles. The molecular formula is C18H19NO4. The number of amides is 1. The Morgan fingerprint density at radius 1 is 1.17 bits per heavy atom. The number of likely N-dealkylation sites (tertiary alicyclic amines) is 1. The molecule has 1 heterocycles.